The molecule has 1 aliphatic rings. The smallest absolute Gasteiger partial charge is 0.162 e. The number of aliphatic hydroxyl groups excluding tert-OH is 2. The van der Waals surface area contributed by atoms with Gasteiger partial charge in [0.2, 0.25) is 0 Å². The number of Topliss-reactive ketones (excluding diaryl/α,β-unsaturated/α-hetero) is 1. The van der Waals surface area contributed by atoms with Crippen molar-refractivity contribution < 1.29 is 57.2 Å². The zero-order valence-corrected chi connectivity index (χ0v) is 18.2. The fourth-order valence-electron chi connectivity index (χ4n) is 2.93. The molecule has 6 heteroatoms. The Balaban J connectivity index is 0.00000529. The minimum Gasteiger partial charge on any atom is -0.393 e. The monoisotopic (exact) mass is 417 g/mol. The van der Waals surface area contributed by atoms with Crippen molar-refractivity contribution in [2.24, 2.45) is 11.8 Å². The Morgan fingerprint density at radius 2 is 1.83 bits per heavy atom. The van der Waals surface area contributed by atoms with Crippen molar-refractivity contribution in [2.75, 3.05) is 13.7 Å². The van der Waals surface area contributed by atoms with E-state index in [-0.39, 0.29) is 50.3 Å². The molecule has 0 bridgehead atoms. The molecule has 2 unspecified atom stereocenters. The molecule has 4 atom stereocenters. The summed E-state index contributed by atoms with van der Waals surface area (Å²) in [5.41, 5.74) is 0. The molecule has 0 aromatic carbocycles. The molecule has 24 heavy (non-hydrogen) atoms. The topological polar surface area (TPSA) is 76.0 Å². The van der Waals surface area contributed by atoms with Crippen LogP contribution in [0.25, 0.3) is 0 Å². The van der Waals surface area contributed by atoms with Gasteiger partial charge >= 0.3 is 0 Å². The van der Waals surface area contributed by atoms with Crippen molar-refractivity contribution >= 4 is 5.78 Å². The van der Waals surface area contributed by atoms with Crippen LogP contribution in [0.3, 0.4) is 0 Å². The quantitative estimate of drug-likeness (QED) is 0.325. The van der Waals surface area contributed by atoms with Crippen molar-refractivity contribution in [3.63, 3.8) is 0 Å². The van der Waals surface area contributed by atoms with E-state index >= 15 is 0 Å². The Bertz CT molecular complexity index is 397. The van der Waals surface area contributed by atoms with Gasteiger partial charge in [0.15, 0.2) is 5.79 Å². The van der Waals surface area contributed by atoms with Gasteiger partial charge in [0.1, 0.15) is 5.78 Å². The molecular weight excluding hydrogens is 385 g/mol. The molecule has 1 fully saturated rings. The summed E-state index contributed by atoms with van der Waals surface area (Å²) in [4.78, 5) is 10.9. The number of hydrogen-bond donors (Lipinski definition) is 2. The first-order chi connectivity index (χ1) is 10.8. The molecule has 137 valence electrons. The number of aliphatic hydroxyl groups is 2. The first-order valence-corrected chi connectivity index (χ1v) is 8.46. The molecule has 1 rings (SSSR count). The normalized spacial score (nSPS) is 27.4. The molecule has 0 aliphatic heterocycles. The maximum absolute atomic E-state index is 10.9. The molecule has 0 aromatic heterocycles. The van der Waals surface area contributed by atoms with E-state index in [0.717, 1.165) is 12.8 Å². The van der Waals surface area contributed by atoms with E-state index in [2.05, 4.69) is 6.08 Å². The van der Waals surface area contributed by atoms with Crippen LogP contribution in [-0.2, 0) is 47.0 Å². The number of methoxy groups -OCH3 is 1. The second-order valence-corrected chi connectivity index (χ2v) is 6.91. The zero-order chi connectivity index (χ0) is 17.5. The summed E-state index contributed by atoms with van der Waals surface area (Å²) >= 11 is 0. The minimum atomic E-state index is -0.694. The van der Waals surface area contributed by atoms with E-state index in [4.69, 9.17) is 9.47 Å². The number of carbonyl (C=O) groups excluding carboxylic acids is 1. The summed E-state index contributed by atoms with van der Waals surface area (Å²) in [7, 11) is 1.58. The molecule has 0 heterocycles. The Hall–Kier alpha value is 0.354. The fourth-order valence-corrected chi connectivity index (χ4v) is 2.93. The fraction of sp³-hybridized carbons (Fsp3) is 0.833. The first-order valence-electron chi connectivity index (χ1n) is 8.46. The zero-order valence-electron chi connectivity index (χ0n) is 15.4. The van der Waals surface area contributed by atoms with E-state index in [9.17, 15) is 15.0 Å². The average Bonchev–Trinajstić information content (AvgIpc) is 2.74. The van der Waals surface area contributed by atoms with E-state index in [1.807, 2.05) is 19.9 Å². The van der Waals surface area contributed by atoms with Crippen molar-refractivity contribution in [3.05, 3.63) is 12.2 Å². The van der Waals surface area contributed by atoms with Gasteiger partial charge in [-0.3, -0.25) is 0 Å². The third-order valence-electron chi connectivity index (χ3n) is 4.61. The second kappa shape index (κ2) is 11.9. The van der Waals surface area contributed by atoms with Crippen LogP contribution in [0.1, 0.15) is 52.9 Å². The van der Waals surface area contributed by atoms with Gasteiger partial charge in [-0.25, -0.2) is 0 Å². The van der Waals surface area contributed by atoms with Crippen LogP contribution in [0.4, 0.5) is 0 Å². The number of carbonyl (C=O) groups is 1. The van der Waals surface area contributed by atoms with Crippen LogP contribution in [-0.4, -0.2) is 47.7 Å². The molecule has 0 spiro atoms. The van der Waals surface area contributed by atoms with E-state index < -0.39 is 18.0 Å². The van der Waals surface area contributed by atoms with Crippen LogP contribution in [0.5, 0.6) is 0 Å². The minimum absolute atomic E-state index is 0. The van der Waals surface area contributed by atoms with Crippen molar-refractivity contribution in [2.45, 2.75) is 70.9 Å². The summed E-state index contributed by atoms with van der Waals surface area (Å²) < 4.78 is 11.0. The Kier molecular flexibility index (Phi) is 12.0. The van der Waals surface area contributed by atoms with Gasteiger partial charge < -0.3 is 24.5 Å². The molecule has 5 nitrogen and oxygen atoms in total. The van der Waals surface area contributed by atoms with Crippen molar-refractivity contribution in [1.29, 1.82) is 0 Å². The standard InChI is InChI=1S/C18H32O5.Y/c1-13(19)9-7-5-6-8-10-14-15(17(21)11-16(14)20)12-23-18(2,3)22-4;/h6,8,14-17,20-21H,5,7,9-12H2,1-4H3;/b8-6-;/t14-,15-,16?,17?;/m1./s1. The summed E-state index contributed by atoms with van der Waals surface area (Å²) in [5, 5.41) is 20.3. The van der Waals surface area contributed by atoms with Gasteiger partial charge in [-0.2, -0.15) is 0 Å². The van der Waals surface area contributed by atoms with Crippen molar-refractivity contribution in [1.82, 2.24) is 0 Å². The van der Waals surface area contributed by atoms with Gasteiger partial charge in [-0.15, -0.1) is 0 Å². The second-order valence-electron chi connectivity index (χ2n) is 6.91. The summed E-state index contributed by atoms with van der Waals surface area (Å²) in [5.74, 6) is -0.589. The van der Waals surface area contributed by atoms with Crippen LogP contribution < -0.4 is 0 Å². The van der Waals surface area contributed by atoms with E-state index in [0.29, 0.717) is 25.9 Å². The number of unbranched alkanes of at least 4 members (excludes halogenated alkanes) is 1. The molecule has 1 radical (unpaired) electrons. The summed E-state index contributed by atoms with van der Waals surface area (Å²) in [6.07, 6.45) is 6.47. The van der Waals surface area contributed by atoms with Crippen LogP contribution in [0.15, 0.2) is 12.2 Å². The number of ketones is 1. The SMILES string of the molecule is COC(C)(C)OC[C@H]1C(O)CC(O)[C@@H]1C/C=C\CCCC(C)=O.[Y]. The van der Waals surface area contributed by atoms with E-state index in [1.165, 1.54) is 0 Å². The van der Waals surface area contributed by atoms with Gasteiger partial charge in [-0.1, -0.05) is 12.2 Å². The Morgan fingerprint density at radius 1 is 1.21 bits per heavy atom. The predicted octanol–water partition coefficient (Wildman–Crippen LogP) is 2.45. The van der Waals surface area contributed by atoms with Gasteiger partial charge in [0, 0.05) is 52.2 Å². The van der Waals surface area contributed by atoms with Gasteiger partial charge in [0.25, 0.3) is 0 Å². The molecule has 2 N–H and O–H groups in total. The third kappa shape index (κ3) is 8.64. The largest absolute Gasteiger partial charge is 0.393 e. The predicted molar refractivity (Wildman–Crippen MR) is 88.9 cm³/mol. The molecule has 1 saturated carbocycles. The number of rotatable bonds is 10. The maximum Gasteiger partial charge on any atom is 0.162 e. The molecular formula is C18H32O5Y. The average molecular weight is 417 g/mol. The summed E-state index contributed by atoms with van der Waals surface area (Å²) in [6.45, 7) is 5.62. The van der Waals surface area contributed by atoms with Crippen LogP contribution in [0, 0.1) is 11.8 Å². The van der Waals surface area contributed by atoms with Crippen LogP contribution >= 0.6 is 0 Å². The molecule has 0 amide bonds. The van der Waals surface area contributed by atoms with Crippen LogP contribution in [0.2, 0.25) is 0 Å². The Morgan fingerprint density at radius 3 is 2.42 bits per heavy atom. The number of ether oxygens (including phenoxy) is 2. The Labute approximate surface area is 171 Å². The van der Waals surface area contributed by atoms with E-state index in [1.54, 1.807) is 14.0 Å². The first kappa shape index (κ1) is 24.4. The van der Waals surface area contributed by atoms with Gasteiger partial charge in [-0.05, 0) is 52.4 Å². The molecule has 0 aromatic rings. The van der Waals surface area contributed by atoms with Gasteiger partial charge in [0.05, 0.1) is 18.8 Å². The maximum atomic E-state index is 10.9. The number of allylic oxidation sites excluding steroid dienone is 2. The summed E-state index contributed by atoms with van der Waals surface area (Å²) in [6, 6.07) is 0. The van der Waals surface area contributed by atoms with Crippen molar-refractivity contribution in [3.8, 4) is 0 Å². The molecule has 0 saturated heterocycles. The number of hydrogen-bond acceptors (Lipinski definition) is 5. The third-order valence-corrected chi connectivity index (χ3v) is 4.61. The molecule has 1 aliphatic carbocycles.